The second-order valence-electron chi connectivity index (χ2n) is 3.08. The Bertz CT molecular complexity index is 325. The number of hydrogen-bond donors (Lipinski definition) is 1. The van der Waals surface area contributed by atoms with Crippen molar-refractivity contribution in [2.24, 2.45) is 0 Å². The molecule has 1 N–H and O–H groups in total. The molecule has 0 fully saturated rings. The summed E-state index contributed by atoms with van der Waals surface area (Å²) in [5.74, 6) is 0.948. The van der Waals surface area contributed by atoms with Gasteiger partial charge < -0.3 is 10.1 Å². The zero-order valence-corrected chi connectivity index (χ0v) is 9.15. The molecular formula is C10H12BrNO. The molecule has 1 aliphatic rings. The van der Waals surface area contributed by atoms with Gasteiger partial charge in [0.2, 0.25) is 0 Å². The lowest BCUT2D eigenvalue weighted by atomic mass is 10.1. The highest BCUT2D eigenvalue weighted by molar-refractivity contribution is 9.10. The molecule has 0 atom stereocenters. The van der Waals surface area contributed by atoms with Crippen LogP contribution >= 0.6 is 15.9 Å². The Labute approximate surface area is 86.4 Å². The van der Waals surface area contributed by atoms with Gasteiger partial charge in [0.05, 0.1) is 10.2 Å². The fourth-order valence-corrected chi connectivity index (χ4v) is 2.09. The molecule has 2 nitrogen and oxygen atoms in total. The minimum absolute atomic E-state index is 0.747. The van der Waals surface area contributed by atoms with Crippen molar-refractivity contribution in [1.82, 2.24) is 0 Å². The molecule has 1 aliphatic heterocycles. The number of rotatable bonds is 1. The Hall–Kier alpha value is -0.700. The highest BCUT2D eigenvalue weighted by Gasteiger charge is 2.13. The van der Waals surface area contributed by atoms with Crippen molar-refractivity contribution in [1.29, 1.82) is 0 Å². The molecule has 0 aliphatic carbocycles. The zero-order chi connectivity index (χ0) is 9.26. The molecule has 13 heavy (non-hydrogen) atoms. The van der Waals surface area contributed by atoms with E-state index in [1.54, 1.807) is 0 Å². The number of halogens is 1. The minimum Gasteiger partial charge on any atom is -0.488 e. The molecule has 0 unspecified atom stereocenters. The number of benzene rings is 1. The van der Waals surface area contributed by atoms with Crippen LogP contribution in [-0.2, 0) is 6.42 Å². The Balaban J connectivity index is 2.47. The van der Waals surface area contributed by atoms with Crippen LogP contribution in [0.2, 0.25) is 0 Å². The number of anilines is 1. The van der Waals surface area contributed by atoms with Gasteiger partial charge in [-0.25, -0.2) is 0 Å². The van der Waals surface area contributed by atoms with Gasteiger partial charge in [0, 0.05) is 6.54 Å². The molecule has 2 rings (SSSR count). The van der Waals surface area contributed by atoms with Crippen LogP contribution in [0.25, 0.3) is 0 Å². The maximum absolute atomic E-state index is 5.54. The fraction of sp³-hybridized carbons (Fsp3) is 0.400. The number of ether oxygens (including phenoxy) is 1. The first-order chi connectivity index (χ1) is 6.31. The molecule has 0 saturated carbocycles. The van der Waals surface area contributed by atoms with Crippen LogP contribution in [0.5, 0.6) is 5.75 Å². The van der Waals surface area contributed by atoms with Crippen molar-refractivity contribution in [3.05, 3.63) is 22.2 Å². The molecule has 0 aromatic heterocycles. The van der Waals surface area contributed by atoms with Crippen LogP contribution in [0, 0.1) is 0 Å². The predicted octanol–water partition coefficient (Wildman–Crippen LogP) is 2.82. The van der Waals surface area contributed by atoms with E-state index in [2.05, 4.69) is 40.3 Å². The van der Waals surface area contributed by atoms with Gasteiger partial charge in [-0.2, -0.15) is 0 Å². The van der Waals surface area contributed by atoms with Gasteiger partial charge in [0.25, 0.3) is 0 Å². The lowest BCUT2D eigenvalue weighted by Crippen LogP contribution is -2.18. The summed E-state index contributed by atoms with van der Waals surface area (Å²) in [4.78, 5) is 0. The largest absolute Gasteiger partial charge is 0.488 e. The molecule has 0 saturated heterocycles. The van der Waals surface area contributed by atoms with E-state index in [1.165, 1.54) is 5.56 Å². The smallest absolute Gasteiger partial charge is 0.156 e. The molecule has 0 bridgehead atoms. The van der Waals surface area contributed by atoms with E-state index < -0.39 is 0 Å². The zero-order valence-electron chi connectivity index (χ0n) is 7.56. The maximum Gasteiger partial charge on any atom is 0.156 e. The maximum atomic E-state index is 5.54. The molecule has 70 valence electrons. The van der Waals surface area contributed by atoms with Crippen LogP contribution in [0.1, 0.15) is 12.5 Å². The second kappa shape index (κ2) is 3.58. The first-order valence-corrected chi connectivity index (χ1v) is 5.29. The van der Waals surface area contributed by atoms with Gasteiger partial charge in [0.15, 0.2) is 5.75 Å². The van der Waals surface area contributed by atoms with Crippen molar-refractivity contribution in [2.45, 2.75) is 13.3 Å². The van der Waals surface area contributed by atoms with E-state index in [0.717, 1.165) is 35.5 Å². The van der Waals surface area contributed by atoms with Gasteiger partial charge in [-0.05, 0) is 40.0 Å². The summed E-state index contributed by atoms with van der Waals surface area (Å²) in [5, 5.41) is 3.32. The summed E-state index contributed by atoms with van der Waals surface area (Å²) in [6.07, 6.45) is 1.05. The predicted molar refractivity (Wildman–Crippen MR) is 57.5 cm³/mol. The molecule has 3 heteroatoms. The molecular weight excluding hydrogens is 230 g/mol. The van der Waals surface area contributed by atoms with E-state index in [0.29, 0.717) is 0 Å². The van der Waals surface area contributed by atoms with E-state index in [-0.39, 0.29) is 0 Å². The van der Waals surface area contributed by atoms with Crippen LogP contribution in [0.15, 0.2) is 16.6 Å². The summed E-state index contributed by atoms with van der Waals surface area (Å²) in [6.45, 7) is 3.79. The molecule has 0 spiro atoms. The Morgan fingerprint density at radius 3 is 3.15 bits per heavy atom. The SMILES string of the molecule is CCc1cc(Br)c2c(c1)NCCO2. The van der Waals surface area contributed by atoms with Gasteiger partial charge >= 0.3 is 0 Å². The summed E-state index contributed by atoms with van der Waals surface area (Å²) >= 11 is 3.51. The highest BCUT2D eigenvalue weighted by atomic mass is 79.9. The lowest BCUT2D eigenvalue weighted by Gasteiger charge is -2.21. The van der Waals surface area contributed by atoms with Gasteiger partial charge in [-0.3, -0.25) is 0 Å². The second-order valence-corrected chi connectivity index (χ2v) is 3.94. The molecule has 0 amide bonds. The Kier molecular flexibility index (Phi) is 2.44. The van der Waals surface area contributed by atoms with Crippen molar-refractivity contribution in [3.63, 3.8) is 0 Å². The van der Waals surface area contributed by atoms with Crippen molar-refractivity contribution in [2.75, 3.05) is 18.5 Å². The number of aryl methyl sites for hydroxylation is 1. The normalized spacial score (nSPS) is 14.3. The van der Waals surface area contributed by atoms with Crippen molar-refractivity contribution < 1.29 is 4.74 Å². The minimum atomic E-state index is 0.747. The summed E-state index contributed by atoms with van der Waals surface area (Å²) in [5.41, 5.74) is 2.43. The molecule has 1 aromatic rings. The van der Waals surface area contributed by atoms with Crippen LogP contribution in [0.4, 0.5) is 5.69 Å². The molecule has 1 aromatic carbocycles. The number of hydrogen-bond acceptors (Lipinski definition) is 2. The van der Waals surface area contributed by atoms with E-state index >= 15 is 0 Å². The monoisotopic (exact) mass is 241 g/mol. The number of fused-ring (bicyclic) bond motifs is 1. The molecule has 0 radical (unpaired) electrons. The third-order valence-electron chi connectivity index (χ3n) is 2.18. The Morgan fingerprint density at radius 2 is 2.38 bits per heavy atom. The summed E-state index contributed by atoms with van der Waals surface area (Å²) in [6, 6.07) is 4.27. The average Bonchev–Trinajstić information content (AvgIpc) is 2.18. The van der Waals surface area contributed by atoms with Gasteiger partial charge in [-0.1, -0.05) is 6.92 Å². The Morgan fingerprint density at radius 1 is 1.54 bits per heavy atom. The summed E-state index contributed by atoms with van der Waals surface area (Å²) < 4.78 is 6.59. The van der Waals surface area contributed by atoms with Gasteiger partial charge in [-0.15, -0.1) is 0 Å². The fourth-order valence-electron chi connectivity index (χ4n) is 1.47. The van der Waals surface area contributed by atoms with E-state index in [9.17, 15) is 0 Å². The highest BCUT2D eigenvalue weighted by Crippen LogP contribution is 2.36. The van der Waals surface area contributed by atoms with Crippen LogP contribution in [0.3, 0.4) is 0 Å². The molecule has 1 heterocycles. The van der Waals surface area contributed by atoms with Gasteiger partial charge in [0.1, 0.15) is 6.61 Å². The first kappa shape index (κ1) is 8.88. The topological polar surface area (TPSA) is 21.3 Å². The van der Waals surface area contributed by atoms with E-state index in [4.69, 9.17) is 4.74 Å². The van der Waals surface area contributed by atoms with Crippen molar-refractivity contribution >= 4 is 21.6 Å². The lowest BCUT2D eigenvalue weighted by molar-refractivity contribution is 0.321. The first-order valence-electron chi connectivity index (χ1n) is 4.50. The van der Waals surface area contributed by atoms with Crippen LogP contribution in [-0.4, -0.2) is 13.2 Å². The third kappa shape index (κ3) is 1.66. The third-order valence-corrected chi connectivity index (χ3v) is 2.76. The quantitative estimate of drug-likeness (QED) is 0.817. The van der Waals surface area contributed by atoms with Crippen molar-refractivity contribution in [3.8, 4) is 5.75 Å². The standard InChI is InChI=1S/C10H12BrNO/c1-2-7-5-8(11)10-9(6-7)12-3-4-13-10/h5-6,12H,2-4H2,1H3. The average molecular weight is 242 g/mol. The van der Waals surface area contributed by atoms with E-state index in [1.807, 2.05) is 0 Å². The summed E-state index contributed by atoms with van der Waals surface area (Å²) in [7, 11) is 0. The number of nitrogens with one attached hydrogen (secondary N) is 1. The van der Waals surface area contributed by atoms with Crippen LogP contribution < -0.4 is 10.1 Å².